The highest BCUT2D eigenvalue weighted by atomic mass is 16.6. The Kier molecular flexibility index (Phi) is 5.56. The van der Waals surface area contributed by atoms with Crippen molar-refractivity contribution in [2.24, 2.45) is 0 Å². The number of carbonyl (C=O) groups excluding carboxylic acids is 1. The average molecular weight is 371 g/mol. The Morgan fingerprint density at radius 1 is 1.30 bits per heavy atom. The summed E-state index contributed by atoms with van der Waals surface area (Å²) in [5.41, 5.74) is 1.14. The monoisotopic (exact) mass is 371 g/mol. The molecule has 1 atom stereocenters. The second-order valence-corrected chi connectivity index (χ2v) is 6.50. The Balaban J connectivity index is 1.54. The van der Waals surface area contributed by atoms with E-state index in [1.165, 1.54) is 12.1 Å². The van der Waals surface area contributed by atoms with E-state index in [1.807, 2.05) is 36.2 Å². The Hall–Kier alpha value is -3.13. The number of rotatable bonds is 6. The van der Waals surface area contributed by atoms with Crippen molar-refractivity contribution in [2.45, 2.75) is 13.0 Å². The number of likely N-dealkylation sites (N-methyl/N-ethyl adjacent to an activating group) is 1. The molecule has 8 heteroatoms. The third-order valence-corrected chi connectivity index (χ3v) is 4.20. The first-order valence-corrected chi connectivity index (χ1v) is 8.54. The summed E-state index contributed by atoms with van der Waals surface area (Å²) in [5, 5.41) is 13.6. The highest BCUT2D eigenvalue weighted by Gasteiger charge is 2.22. The number of nitrogens with one attached hydrogen (secondary N) is 1. The van der Waals surface area contributed by atoms with Gasteiger partial charge in [0, 0.05) is 18.7 Å². The number of amides is 1. The molecule has 1 unspecified atom stereocenters. The van der Waals surface area contributed by atoms with Crippen molar-refractivity contribution < 1.29 is 19.2 Å². The fourth-order valence-electron chi connectivity index (χ4n) is 2.86. The van der Waals surface area contributed by atoms with Crippen LogP contribution in [0.1, 0.15) is 5.56 Å². The highest BCUT2D eigenvalue weighted by molar-refractivity contribution is 5.93. The van der Waals surface area contributed by atoms with E-state index in [-0.39, 0.29) is 24.2 Å². The summed E-state index contributed by atoms with van der Waals surface area (Å²) in [6.45, 7) is 2.83. The maximum atomic E-state index is 12.3. The van der Waals surface area contributed by atoms with Gasteiger partial charge in [0.15, 0.2) is 11.5 Å². The lowest BCUT2D eigenvalue weighted by atomic mass is 10.2. The van der Waals surface area contributed by atoms with E-state index in [0.717, 1.165) is 11.3 Å². The third kappa shape index (κ3) is 4.73. The van der Waals surface area contributed by atoms with Crippen LogP contribution in [-0.2, 0) is 4.79 Å². The maximum Gasteiger partial charge on any atom is 0.271 e. The summed E-state index contributed by atoms with van der Waals surface area (Å²) >= 11 is 0. The second-order valence-electron chi connectivity index (χ2n) is 6.50. The lowest BCUT2D eigenvalue weighted by molar-refractivity contribution is -0.384. The van der Waals surface area contributed by atoms with Crippen LogP contribution in [0.15, 0.2) is 42.5 Å². The number of ether oxygens (including phenoxy) is 2. The first-order chi connectivity index (χ1) is 12.9. The number of nitrogens with zero attached hydrogens (tertiary/aromatic N) is 2. The fraction of sp³-hybridized carbons (Fsp3) is 0.316. The minimum atomic E-state index is -0.487. The fourth-order valence-corrected chi connectivity index (χ4v) is 2.86. The number of hydrogen-bond acceptors (Lipinski definition) is 6. The van der Waals surface area contributed by atoms with Crippen molar-refractivity contribution in [3.8, 4) is 11.5 Å². The van der Waals surface area contributed by atoms with Gasteiger partial charge in [0.05, 0.1) is 17.2 Å². The van der Waals surface area contributed by atoms with Crippen molar-refractivity contribution >= 4 is 17.3 Å². The van der Waals surface area contributed by atoms with Gasteiger partial charge in [0.2, 0.25) is 5.91 Å². The van der Waals surface area contributed by atoms with Gasteiger partial charge >= 0.3 is 0 Å². The predicted molar refractivity (Wildman–Crippen MR) is 100 cm³/mol. The number of aryl methyl sites for hydroxylation is 1. The molecule has 1 aliphatic heterocycles. The van der Waals surface area contributed by atoms with Crippen molar-refractivity contribution in [3.05, 3.63) is 58.1 Å². The zero-order chi connectivity index (χ0) is 19.4. The topological polar surface area (TPSA) is 93.9 Å². The number of anilines is 1. The minimum absolute atomic E-state index is 0.0596. The van der Waals surface area contributed by atoms with E-state index >= 15 is 0 Å². The van der Waals surface area contributed by atoms with E-state index in [1.54, 1.807) is 13.0 Å². The van der Waals surface area contributed by atoms with Crippen LogP contribution in [0, 0.1) is 17.0 Å². The van der Waals surface area contributed by atoms with Gasteiger partial charge in [-0.05, 0) is 31.7 Å². The van der Waals surface area contributed by atoms with Gasteiger partial charge in [-0.15, -0.1) is 0 Å². The number of nitro groups is 1. The number of para-hydroxylation sites is 2. The summed E-state index contributed by atoms with van der Waals surface area (Å²) in [6, 6.07) is 11.8. The largest absolute Gasteiger partial charge is 0.486 e. The van der Waals surface area contributed by atoms with E-state index < -0.39 is 4.92 Å². The average Bonchev–Trinajstić information content (AvgIpc) is 2.63. The van der Waals surface area contributed by atoms with E-state index in [9.17, 15) is 14.9 Å². The second kappa shape index (κ2) is 8.05. The summed E-state index contributed by atoms with van der Waals surface area (Å²) in [7, 11) is 1.81. The predicted octanol–water partition coefficient (Wildman–Crippen LogP) is 2.61. The van der Waals surface area contributed by atoms with E-state index in [0.29, 0.717) is 24.6 Å². The minimum Gasteiger partial charge on any atom is -0.486 e. The summed E-state index contributed by atoms with van der Waals surface area (Å²) in [5.74, 6) is 1.16. The first-order valence-electron chi connectivity index (χ1n) is 8.54. The Labute approximate surface area is 156 Å². The Morgan fingerprint density at radius 3 is 2.78 bits per heavy atom. The van der Waals surface area contributed by atoms with Crippen LogP contribution in [0.3, 0.4) is 0 Å². The van der Waals surface area contributed by atoms with Crippen molar-refractivity contribution in [1.82, 2.24) is 4.90 Å². The van der Waals surface area contributed by atoms with Crippen molar-refractivity contribution in [3.63, 3.8) is 0 Å². The highest BCUT2D eigenvalue weighted by Crippen LogP contribution is 2.31. The summed E-state index contributed by atoms with van der Waals surface area (Å²) in [4.78, 5) is 24.5. The summed E-state index contributed by atoms with van der Waals surface area (Å²) in [6.07, 6.45) is -0.183. The van der Waals surface area contributed by atoms with Crippen LogP contribution in [-0.4, -0.2) is 48.6 Å². The SMILES string of the molecule is Cc1ccc([N+](=O)[O-])cc1NC(=O)CN(C)CC1COc2ccccc2O1. The van der Waals surface area contributed by atoms with Crippen molar-refractivity contribution in [2.75, 3.05) is 32.1 Å². The molecule has 142 valence electrons. The van der Waals surface area contributed by atoms with Gasteiger partial charge in [-0.1, -0.05) is 18.2 Å². The van der Waals surface area contributed by atoms with Gasteiger partial charge in [0.25, 0.3) is 5.69 Å². The molecule has 0 aromatic heterocycles. The van der Waals surface area contributed by atoms with E-state index in [4.69, 9.17) is 9.47 Å². The summed E-state index contributed by atoms with van der Waals surface area (Å²) < 4.78 is 11.6. The van der Waals surface area contributed by atoms with Gasteiger partial charge < -0.3 is 14.8 Å². The molecule has 0 spiro atoms. The molecule has 2 aromatic carbocycles. The molecule has 0 aliphatic carbocycles. The standard InChI is InChI=1S/C19H21N3O5/c1-13-7-8-14(22(24)25)9-16(13)20-19(23)11-21(2)10-15-12-26-17-5-3-4-6-18(17)27-15/h3-9,15H,10-12H2,1-2H3,(H,20,23). The zero-order valence-corrected chi connectivity index (χ0v) is 15.2. The van der Waals surface area contributed by atoms with Gasteiger partial charge in [0.1, 0.15) is 12.7 Å². The third-order valence-electron chi connectivity index (χ3n) is 4.20. The molecule has 1 amide bonds. The van der Waals surface area contributed by atoms with Crippen LogP contribution in [0.2, 0.25) is 0 Å². The Morgan fingerprint density at radius 2 is 2.04 bits per heavy atom. The first kappa shape index (κ1) is 18.7. The van der Waals surface area contributed by atoms with Crippen LogP contribution in [0.25, 0.3) is 0 Å². The van der Waals surface area contributed by atoms with Gasteiger partial charge in [-0.25, -0.2) is 0 Å². The Bertz CT molecular complexity index is 855. The van der Waals surface area contributed by atoms with Gasteiger partial charge in [-0.2, -0.15) is 0 Å². The number of hydrogen-bond donors (Lipinski definition) is 1. The van der Waals surface area contributed by atoms with Crippen LogP contribution in [0.5, 0.6) is 11.5 Å². The molecule has 2 aromatic rings. The molecule has 8 nitrogen and oxygen atoms in total. The molecule has 1 heterocycles. The zero-order valence-electron chi connectivity index (χ0n) is 15.2. The van der Waals surface area contributed by atoms with E-state index in [2.05, 4.69) is 5.32 Å². The molecule has 0 bridgehead atoms. The number of non-ortho nitro benzene ring substituents is 1. The van der Waals surface area contributed by atoms with Gasteiger partial charge in [-0.3, -0.25) is 19.8 Å². The molecular formula is C19H21N3O5. The molecule has 0 radical (unpaired) electrons. The smallest absolute Gasteiger partial charge is 0.271 e. The van der Waals surface area contributed by atoms with Crippen LogP contribution < -0.4 is 14.8 Å². The lowest BCUT2D eigenvalue weighted by Crippen LogP contribution is -2.42. The number of benzene rings is 2. The molecule has 1 aliphatic rings. The molecular weight excluding hydrogens is 350 g/mol. The van der Waals surface area contributed by atoms with Crippen LogP contribution in [0.4, 0.5) is 11.4 Å². The molecule has 0 saturated heterocycles. The number of nitro benzene ring substituents is 1. The van der Waals surface area contributed by atoms with Crippen LogP contribution >= 0.6 is 0 Å². The number of fused-ring (bicyclic) bond motifs is 1. The quantitative estimate of drug-likeness (QED) is 0.620. The molecule has 1 N–H and O–H groups in total. The maximum absolute atomic E-state index is 12.3. The molecule has 3 rings (SSSR count). The molecule has 27 heavy (non-hydrogen) atoms. The molecule has 0 saturated carbocycles. The number of carbonyl (C=O) groups is 1. The normalized spacial score (nSPS) is 15.4. The van der Waals surface area contributed by atoms with Crippen molar-refractivity contribution in [1.29, 1.82) is 0 Å². The lowest BCUT2D eigenvalue weighted by Gasteiger charge is -2.29. The molecule has 0 fully saturated rings.